The zero-order valence-corrected chi connectivity index (χ0v) is 11.4. The van der Waals surface area contributed by atoms with Crippen molar-refractivity contribution in [2.45, 2.75) is 60.0 Å². The first-order chi connectivity index (χ1) is 6.62. The first-order valence-electron chi connectivity index (χ1n) is 6.05. The van der Waals surface area contributed by atoms with Crippen molar-refractivity contribution >= 4 is 0 Å². The molecule has 0 amide bonds. The molecule has 0 spiro atoms. The summed E-state index contributed by atoms with van der Waals surface area (Å²) >= 11 is 0. The van der Waals surface area contributed by atoms with Gasteiger partial charge in [-0.05, 0) is 37.6 Å². The van der Waals surface area contributed by atoms with Gasteiger partial charge in [-0.3, -0.25) is 0 Å². The quantitative estimate of drug-likeness (QED) is 0.714. The van der Waals surface area contributed by atoms with E-state index in [1.807, 2.05) is 6.92 Å². The molecule has 1 unspecified atom stereocenters. The lowest BCUT2D eigenvalue weighted by Crippen LogP contribution is -2.39. The highest BCUT2D eigenvalue weighted by Crippen LogP contribution is 2.25. The Morgan fingerprint density at radius 1 is 1.07 bits per heavy atom. The van der Waals surface area contributed by atoms with E-state index in [0.717, 1.165) is 19.4 Å². The molecule has 0 aliphatic carbocycles. The maximum atomic E-state index is 10.1. The highest BCUT2D eigenvalue weighted by molar-refractivity contribution is 4.78. The van der Waals surface area contributed by atoms with Crippen LogP contribution in [-0.4, -0.2) is 23.8 Å². The fourth-order valence-corrected chi connectivity index (χ4v) is 1.36. The van der Waals surface area contributed by atoms with Crippen LogP contribution in [0.4, 0.5) is 0 Å². The predicted molar refractivity (Wildman–Crippen MR) is 67.0 cm³/mol. The minimum atomic E-state index is -0.567. The summed E-state index contributed by atoms with van der Waals surface area (Å²) in [5.41, 5.74) is -0.260. The van der Waals surface area contributed by atoms with Gasteiger partial charge in [0.2, 0.25) is 0 Å². The third kappa shape index (κ3) is 10.2. The van der Waals surface area contributed by atoms with E-state index in [9.17, 15) is 5.11 Å². The molecule has 0 rings (SSSR count). The monoisotopic (exact) mass is 215 g/mol. The van der Waals surface area contributed by atoms with Crippen molar-refractivity contribution in [3.63, 3.8) is 0 Å². The molecular formula is C13H29NO. The zero-order valence-electron chi connectivity index (χ0n) is 11.4. The maximum Gasteiger partial charge on any atom is 0.0743 e. The predicted octanol–water partition coefficient (Wildman–Crippen LogP) is 2.81. The smallest absolute Gasteiger partial charge is 0.0743 e. The van der Waals surface area contributed by atoms with Crippen LogP contribution in [0.15, 0.2) is 0 Å². The van der Waals surface area contributed by atoms with Gasteiger partial charge in [0.15, 0.2) is 0 Å². The Bertz CT molecular complexity index is 168. The maximum absolute atomic E-state index is 10.1. The Labute approximate surface area is 95.5 Å². The van der Waals surface area contributed by atoms with Crippen LogP contribution in [0.3, 0.4) is 0 Å². The molecule has 2 heteroatoms. The van der Waals surface area contributed by atoms with Gasteiger partial charge in [0.05, 0.1) is 5.60 Å². The minimum Gasteiger partial charge on any atom is -0.389 e. The van der Waals surface area contributed by atoms with Crippen molar-refractivity contribution in [1.29, 1.82) is 0 Å². The van der Waals surface area contributed by atoms with E-state index < -0.39 is 5.60 Å². The highest BCUT2D eigenvalue weighted by atomic mass is 16.3. The Morgan fingerprint density at radius 3 is 2.00 bits per heavy atom. The molecule has 0 aliphatic heterocycles. The Hall–Kier alpha value is -0.0800. The van der Waals surface area contributed by atoms with Gasteiger partial charge in [-0.15, -0.1) is 0 Å². The lowest BCUT2D eigenvalue weighted by atomic mass is 9.85. The molecule has 0 radical (unpaired) electrons. The lowest BCUT2D eigenvalue weighted by molar-refractivity contribution is 0.0390. The number of hydrogen-bond acceptors (Lipinski definition) is 2. The number of nitrogens with one attached hydrogen (secondary N) is 1. The Morgan fingerprint density at radius 2 is 1.60 bits per heavy atom. The third-order valence-corrected chi connectivity index (χ3v) is 2.47. The van der Waals surface area contributed by atoms with Crippen molar-refractivity contribution in [1.82, 2.24) is 5.32 Å². The van der Waals surface area contributed by atoms with Crippen LogP contribution < -0.4 is 5.32 Å². The minimum absolute atomic E-state index is 0.308. The first kappa shape index (κ1) is 14.9. The van der Waals surface area contributed by atoms with E-state index in [1.54, 1.807) is 0 Å². The highest BCUT2D eigenvalue weighted by Gasteiger charge is 2.23. The molecule has 2 N–H and O–H groups in total. The molecule has 0 heterocycles. The van der Waals surface area contributed by atoms with Crippen molar-refractivity contribution in [2.24, 2.45) is 11.3 Å². The summed E-state index contributed by atoms with van der Waals surface area (Å²) in [5, 5.41) is 13.4. The SMILES string of the molecule is CC(C)CNCC(C)(O)CCC(C)(C)C. The fourth-order valence-electron chi connectivity index (χ4n) is 1.36. The number of hydrogen-bond donors (Lipinski definition) is 2. The van der Waals surface area contributed by atoms with Gasteiger partial charge in [0.1, 0.15) is 0 Å². The van der Waals surface area contributed by atoms with Crippen molar-refractivity contribution in [2.75, 3.05) is 13.1 Å². The molecule has 15 heavy (non-hydrogen) atoms. The van der Waals surface area contributed by atoms with E-state index in [1.165, 1.54) is 0 Å². The molecule has 0 fully saturated rings. The van der Waals surface area contributed by atoms with E-state index in [-0.39, 0.29) is 0 Å². The molecule has 0 saturated heterocycles. The summed E-state index contributed by atoms with van der Waals surface area (Å²) in [6, 6.07) is 0. The largest absolute Gasteiger partial charge is 0.389 e. The van der Waals surface area contributed by atoms with Gasteiger partial charge in [0, 0.05) is 6.54 Å². The average molecular weight is 215 g/mol. The first-order valence-corrected chi connectivity index (χ1v) is 6.05. The van der Waals surface area contributed by atoms with E-state index >= 15 is 0 Å². The number of rotatable bonds is 6. The molecule has 0 aromatic rings. The molecule has 2 nitrogen and oxygen atoms in total. The van der Waals surface area contributed by atoms with Crippen LogP contribution in [0.25, 0.3) is 0 Å². The fraction of sp³-hybridized carbons (Fsp3) is 1.00. The van der Waals surface area contributed by atoms with Crippen LogP contribution in [0.2, 0.25) is 0 Å². The summed E-state index contributed by atoms with van der Waals surface area (Å²) < 4.78 is 0. The third-order valence-electron chi connectivity index (χ3n) is 2.47. The zero-order chi connectivity index (χ0) is 12.1. The summed E-state index contributed by atoms with van der Waals surface area (Å²) in [4.78, 5) is 0. The van der Waals surface area contributed by atoms with Crippen LogP contribution in [-0.2, 0) is 0 Å². The normalized spacial score (nSPS) is 16.8. The van der Waals surface area contributed by atoms with Crippen LogP contribution >= 0.6 is 0 Å². The van der Waals surface area contributed by atoms with Gasteiger partial charge in [-0.25, -0.2) is 0 Å². The second kappa shape index (κ2) is 5.86. The number of aliphatic hydroxyl groups is 1. The van der Waals surface area contributed by atoms with Gasteiger partial charge in [0.25, 0.3) is 0 Å². The van der Waals surface area contributed by atoms with Crippen molar-refractivity contribution < 1.29 is 5.11 Å². The average Bonchev–Trinajstić information content (AvgIpc) is 1.99. The molecule has 1 atom stereocenters. The van der Waals surface area contributed by atoms with Crippen LogP contribution in [0, 0.1) is 11.3 Å². The molecule has 0 bridgehead atoms. The molecule has 0 aliphatic rings. The van der Waals surface area contributed by atoms with Gasteiger partial charge in [-0.2, -0.15) is 0 Å². The van der Waals surface area contributed by atoms with E-state index in [2.05, 4.69) is 39.9 Å². The molecule has 92 valence electrons. The molecular weight excluding hydrogens is 186 g/mol. The standard InChI is InChI=1S/C13H29NO/c1-11(2)9-14-10-13(6,15)8-7-12(3,4)5/h11,14-15H,7-10H2,1-6H3. The summed E-state index contributed by atoms with van der Waals surface area (Å²) in [5.74, 6) is 0.642. The summed E-state index contributed by atoms with van der Waals surface area (Å²) in [6.07, 6.45) is 1.92. The second-order valence-corrected chi connectivity index (χ2v) is 6.58. The summed E-state index contributed by atoms with van der Waals surface area (Å²) in [7, 11) is 0. The molecule has 0 aromatic heterocycles. The second-order valence-electron chi connectivity index (χ2n) is 6.58. The van der Waals surface area contributed by atoms with Crippen molar-refractivity contribution in [3.8, 4) is 0 Å². The topological polar surface area (TPSA) is 32.3 Å². The Kier molecular flexibility index (Phi) is 5.82. The van der Waals surface area contributed by atoms with Crippen LogP contribution in [0.5, 0.6) is 0 Å². The van der Waals surface area contributed by atoms with E-state index in [0.29, 0.717) is 17.9 Å². The van der Waals surface area contributed by atoms with Gasteiger partial charge in [-0.1, -0.05) is 34.6 Å². The van der Waals surface area contributed by atoms with E-state index in [4.69, 9.17) is 0 Å². The van der Waals surface area contributed by atoms with Gasteiger partial charge >= 0.3 is 0 Å². The van der Waals surface area contributed by atoms with Gasteiger partial charge < -0.3 is 10.4 Å². The van der Waals surface area contributed by atoms with Crippen molar-refractivity contribution in [3.05, 3.63) is 0 Å². The van der Waals surface area contributed by atoms with Crippen LogP contribution in [0.1, 0.15) is 54.4 Å². The molecule has 0 saturated carbocycles. The molecule has 0 aromatic carbocycles. The Balaban J connectivity index is 3.77. The summed E-state index contributed by atoms with van der Waals surface area (Å²) in [6.45, 7) is 14.6. The lowest BCUT2D eigenvalue weighted by Gasteiger charge is -2.28.